The van der Waals surface area contributed by atoms with Gasteiger partial charge in [-0.25, -0.2) is 4.98 Å². The summed E-state index contributed by atoms with van der Waals surface area (Å²) in [7, 11) is 0. The minimum absolute atomic E-state index is 0.0966. The lowest BCUT2D eigenvalue weighted by atomic mass is 10.2. The molecule has 2 rings (SSSR count). The van der Waals surface area contributed by atoms with E-state index >= 15 is 0 Å². The molecule has 0 saturated heterocycles. The Bertz CT molecular complexity index is 615. The first-order chi connectivity index (χ1) is 8.90. The van der Waals surface area contributed by atoms with Crippen molar-refractivity contribution in [2.75, 3.05) is 0 Å². The van der Waals surface area contributed by atoms with E-state index in [2.05, 4.69) is 23.9 Å². The molecule has 0 unspecified atom stereocenters. The highest BCUT2D eigenvalue weighted by Gasteiger charge is 2.22. The smallest absolute Gasteiger partial charge is 0.258 e. The van der Waals surface area contributed by atoms with E-state index in [4.69, 9.17) is 0 Å². The van der Waals surface area contributed by atoms with E-state index in [0.717, 1.165) is 10.7 Å². The Morgan fingerprint density at radius 1 is 1.47 bits per heavy atom. The maximum Gasteiger partial charge on any atom is 0.312 e. The van der Waals surface area contributed by atoms with Crippen LogP contribution in [0.5, 0.6) is 0 Å². The molecule has 0 aliphatic rings. The van der Waals surface area contributed by atoms with Crippen LogP contribution in [0, 0.1) is 24.0 Å². The number of nitrogens with zero attached hydrogens (tertiary/aromatic N) is 4. The van der Waals surface area contributed by atoms with Gasteiger partial charge in [0.2, 0.25) is 0 Å². The number of aryl methyl sites for hydroxylation is 1. The van der Waals surface area contributed by atoms with Crippen LogP contribution in [-0.4, -0.2) is 19.7 Å². The second-order valence-electron chi connectivity index (χ2n) is 4.77. The van der Waals surface area contributed by atoms with Crippen LogP contribution in [0.4, 0.5) is 5.69 Å². The Balaban J connectivity index is 2.28. The molecule has 0 aliphatic heterocycles. The predicted molar refractivity (Wildman–Crippen MR) is 73.7 cm³/mol. The van der Waals surface area contributed by atoms with E-state index < -0.39 is 0 Å². The summed E-state index contributed by atoms with van der Waals surface area (Å²) < 4.78 is 1.65. The molecule has 7 heteroatoms. The van der Waals surface area contributed by atoms with Crippen LogP contribution < -0.4 is 0 Å². The maximum atomic E-state index is 10.9. The molecule has 0 radical (unpaired) electrons. The second-order valence-corrected chi connectivity index (χ2v) is 5.66. The summed E-state index contributed by atoms with van der Waals surface area (Å²) in [5, 5.41) is 18.2. The molecule has 0 aromatic carbocycles. The van der Waals surface area contributed by atoms with Gasteiger partial charge in [-0.1, -0.05) is 13.8 Å². The average Bonchev–Trinajstić information content (AvgIpc) is 2.85. The van der Waals surface area contributed by atoms with Crippen LogP contribution in [0.1, 0.15) is 41.9 Å². The quantitative estimate of drug-likeness (QED) is 0.637. The van der Waals surface area contributed by atoms with E-state index in [0.29, 0.717) is 23.9 Å². The monoisotopic (exact) mass is 280 g/mol. The van der Waals surface area contributed by atoms with Gasteiger partial charge in [-0.2, -0.15) is 5.10 Å². The van der Waals surface area contributed by atoms with Gasteiger partial charge in [-0.15, -0.1) is 11.3 Å². The van der Waals surface area contributed by atoms with E-state index in [1.807, 2.05) is 5.38 Å². The van der Waals surface area contributed by atoms with E-state index in [9.17, 15) is 10.1 Å². The van der Waals surface area contributed by atoms with Crippen molar-refractivity contribution < 1.29 is 4.92 Å². The molecule has 19 heavy (non-hydrogen) atoms. The van der Waals surface area contributed by atoms with Crippen molar-refractivity contribution in [3.05, 3.63) is 37.6 Å². The Kier molecular flexibility index (Phi) is 3.66. The number of hydrogen-bond acceptors (Lipinski definition) is 5. The van der Waals surface area contributed by atoms with Gasteiger partial charge < -0.3 is 0 Å². The Hall–Kier alpha value is -1.76. The number of rotatable bonds is 4. The van der Waals surface area contributed by atoms with Crippen molar-refractivity contribution in [2.45, 2.75) is 40.2 Å². The van der Waals surface area contributed by atoms with Crippen molar-refractivity contribution in [3.63, 3.8) is 0 Å². The molecule has 102 valence electrons. The fraction of sp³-hybridized carbons (Fsp3) is 0.500. The van der Waals surface area contributed by atoms with Gasteiger partial charge in [0, 0.05) is 11.3 Å². The van der Waals surface area contributed by atoms with Gasteiger partial charge in [-0.05, 0) is 13.8 Å². The number of nitro groups is 1. The molecule has 2 aromatic rings. The highest BCUT2D eigenvalue weighted by molar-refractivity contribution is 7.09. The molecule has 0 N–H and O–H groups in total. The van der Waals surface area contributed by atoms with Gasteiger partial charge in [0.05, 0.1) is 22.2 Å². The molecular weight excluding hydrogens is 264 g/mol. The lowest BCUT2D eigenvalue weighted by Crippen LogP contribution is -2.05. The van der Waals surface area contributed by atoms with Crippen LogP contribution in [-0.2, 0) is 6.54 Å². The standard InChI is InChI=1S/C12H16N4O2S/c1-7(2)12-13-10(6-19-12)5-15-9(4)11(16(17)18)8(3)14-15/h6-7H,5H2,1-4H3. The summed E-state index contributed by atoms with van der Waals surface area (Å²) >= 11 is 1.61. The lowest BCUT2D eigenvalue weighted by molar-refractivity contribution is -0.386. The Morgan fingerprint density at radius 2 is 2.16 bits per heavy atom. The molecule has 0 bridgehead atoms. The van der Waals surface area contributed by atoms with Crippen LogP contribution in [0.2, 0.25) is 0 Å². The third-order valence-corrected chi connectivity index (χ3v) is 4.10. The second kappa shape index (κ2) is 5.08. The zero-order valence-electron chi connectivity index (χ0n) is 11.4. The summed E-state index contributed by atoms with van der Waals surface area (Å²) in [6.45, 7) is 8.04. The van der Waals surface area contributed by atoms with Gasteiger partial charge >= 0.3 is 5.69 Å². The van der Waals surface area contributed by atoms with Crippen molar-refractivity contribution in [1.29, 1.82) is 0 Å². The summed E-state index contributed by atoms with van der Waals surface area (Å²) in [5.74, 6) is 0.397. The third-order valence-electron chi connectivity index (χ3n) is 2.90. The topological polar surface area (TPSA) is 73.8 Å². The Morgan fingerprint density at radius 3 is 2.63 bits per heavy atom. The van der Waals surface area contributed by atoms with Crippen LogP contribution >= 0.6 is 11.3 Å². The largest absolute Gasteiger partial charge is 0.312 e. The summed E-state index contributed by atoms with van der Waals surface area (Å²) in [6, 6.07) is 0. The fourth-order valence-corrected chi connectivity index (χ4v) is 2.75. The molecule has 0 fully saturated rings. The molecule has 0 saturated carbocycles. The maximum absolute atomic E-state index is 10.9. The normalized spacial score (nSPS) is 11.2. The van der Waals surface area contributed by atoms with Gasteiger partial charge in [0.25, 0.3) is 0 Å². The molecular formula is C12H16N4O2S. The third kappa shape index (κ3) is 2.65. The minimum Gasteiger partial charge on any atom is -0.258 e. The first-order valence-corrected chi connectivity index (χ1v) is 6.90. The molecule has 6 nitrogen and oxygen atoms in total. The molecule has 2 heterocycles. The highest BCUT2D eigenvalue weighted by atomic mass is 32.1. The molecule has 0 aliphatic carbocycles. The molecule has 0 spiro atoms. The lowest BCUT2D eigenvalue weighted by Gasteiger charge is -2.01. The van der Waals surface area contributed by atoms with Gasteiger partial charge in [0.1, 0.15) is 11.4 Å². The van der Waals surface area contributed by atoms with Crippen molar-refractivity contribution >= 4 is 17.0 Å². The minimum atomic E-state index is -0.380. The zero-order valence-corrected chi connectivity index (χ0v) is 12.2. The SMILES string of the molecule is Cc1nn(Cc2csc(C(C)C)n2)c(C)c1[N+](=O)[O-]. The van der Waals surface area contributed by atoms with E-state index in [1.54, 1.807) is 29.9 Å². The predicted octanol–water partition coefficient (Wildman–Crippen LogP) is 3.04. The summed E-state index contributed by atoms with van der Waals surface area (Å²) in [5.41, 5.74) is 2.01. The molecule has 2 aromatic heterocycles. The highest BCUT2D eigenvalue weighted by Crippen LogP contribution is 2.24. The fourth-order valence-electron chi connectivity index (χ4n) is 1.92. The molecule has 0 atom stereocenters. The van der Waals surface area contributed by atoms with Crippen LogP contribution in [0.15, 0.2) is 5.38 Å². The molecule has 0 amide bonds. The van der Waals surface area contributed by atoms with Crippen LogP contribution in [0.25, 0.3) is 0 Å². The van der Waals surface area contributed by atoms with Crippen molar-refractivity contribution in [3.8, 4) is 0 Å². The first-order valence-electron chi connectivity index (χ1n) is 6.02. The first kappa shape index (κ1) is 13.7. The van der Waals surface area contributed by atoms with Crippen LogP contribution in [0.3, 0.4) is 0 Å². The van der Waals surface area contributed by atoms with E-state index in [-0.39, 0.29) is 10.6 Å². The average molecular weight is 280 g/mol. The van der Waals surface area contributed by atoms with Crippen molar-refractivity contribution in [1.82, 2.24) is 14.8 Å². The number of hydrogen-bond donors (Lipinski definition) is 0. The van der Waals surface area contributed by atoms with Gasteiger partial charge in [-0.3, -0.25) is 14.8 Å². The number of aromatic nitrogens is 3. The zero-order chi connectivity index (χ0) is 14.2. The number of thiazole rings is 1. The summed E-state index contributed by atoms with van der Waals surface area (Å²) in [4.78, 5) is 15.1. The summed E-state index contributed by atoms with van der Waals surface area (Å²) in [6.07, 6.45) is 0. The van der Waals surface area contributed by atoms with E-state index in [1.165, 1.54) is 0 Å². The van der Waals surface area contributed by atoms with Gasteiger partial charge in [0.15, 0.2) is 0 Å². The Labute approximate surface area is 115 Å². The van der Waals surface area contributed by atoms with Crippen molar-refractivity contribution in [2.24, 2.45) is 0 Å².